The van der Waals surface area contributed by atoms with Gasteiger partial charge in [-0.1, -0.05) is 0 Å². The Labute approximate surface area is 58.8 Å². The zero-order valence-corrected chi connectivity index (χ0v) is 5.89. The minimum Gasteiger partial charge on any atom is -0.387 e. The van der Waals surface area contributed by atoms with Gasteiger partial charge in [-0.15, -0.1) is 0 Å². The lowest BCUT2D eigenvalue weighted by molar-refractivity contribution is -0.0127. The van der Waals surface area contributed by atoms with E-state index in [1.54, 1.807) is 0 Å². The fourth-order valence-electron chi connectivity index (χ4n) is 0.563. The Balaban J connectivity index is 3.13. The van der Waals surface area contributed by atoms with E-state index in [2.05, 4.69) is 4.74 Å². The minimum absolute atomic E-state index is 0.103. The van der Waals surface area contributed by atoms with Crippen LogP contribution in [0.5, 0.6) is 0 Å². The quantitative estimate of drug-likeness (QED) is 0.599. The highest BCUT2D eigenvalue weighted by Gasteiger charge is 2.15. The summed E-state index contributed by atoms with van der Waals surface area (Å²) >= 11 is 0. The number of aliphatic hydroxyl groups excluding tert-OH is 1. The van der Waals surface area contributed by atoms with Crippen LogP contribution in [0, 0.1) is 0 Å². The van der Waals surface area contributed by atoms with Crippen molar-refractivity contribution in [1.82, 2.24) is 0 Å². The fourth-order valence-corrected chi connectivity index (χ4v) is 0.563. The van der Waals surface area contributed by atoms with Gasteiger partial charge in [0.15, 0.2) is 0 Å². The molecule has 0 aliphatic heterocycles. The van der Waals surface area contributed by atoms with Crippen molar-refractivity contribution >= 4 is 0 Å². The summed E-state index contributed by atoms with van der Waals surface area (Å²) in [5.74, 6) is 0. The van der Waals surface area contributed by atoms with Crippen LogP contribution in [0.4, 0.5) is 8.78 Å². The molecule has 0 rings (SSSR count). The summed E-state index contributed by atoms with van der Waals surface area (Å²) in [4.78, 5) is 0. The van der Waals surface area contributed by atoms with E-state index in [1.807, 2.05) is 0 Å². The second kappa shape index (κ2) is 5.56. The molecule has 0 saturated heterocycles. The Morgan fingerprint density at radius 2 is 2.10 bits per heavy atom. The van der Waals surface area contributed by atoms with Crippen molar-refractivity contribution in [2.45, 2.75) is 25.4 Å². The van der Waals surface area contributed by atoms with Crippen molar-refractivity contribution in [2.75, 3.05) is 13.7 Å². The molecule has 0 aliphatic rings. The third kappa shape index (κ3) is 4.64. The molecule has 1 unspecified atom stereocenters. The number of ether oxygens (including phenoxy) is 1. The van der Waals surface area contributed by atoms with E-state index in [9.17, 15) is 8.78 Å². The van der Waals surface area contributed by atoms with Crippen molar-refractivity contribution in [3.63, 3.8) is 0 Å². The molecule has 2 nitrogen and oxygen atoms in total. The van der Waals surface area contributed by atoms with Crippen molar-refractivity contribution in [2.24, 2.45) is 0 Å². The molecule has 0 aromatic rings. The second-order valence-corrected chi connectivity index (χ2v) is 2.04. The first-order valence-corrected chi connectivity index (χ1v) is 3.13. The van der Waals surface area contributed by atoms with Crippen LogP contribution in [0.15, 0.2) is 0 Å². The predicted molar refractivity (Wildman–Crippen MR) is 33.1 cm³/mol. The molecule has 0 radical (unpaired) electrons. The van der Waals surface area contributed by atoms with Crippen molar-refractivity contribution in [1.29, 1.82) is 0 Å². The van der Waals surface area contributed by atoms with Crippen LogP contribution in [0.2, 0.25) is 0 Å². The number of halogens is 2. The molecule has 0 fully saturated rings. The lowest BCUT2D eigenvalue weighted by Crippen LogP contribution is -2.17. The standard InChI is InChI=1S/C6H12F2O2/c1-10-4-2-3-5(9)6(7)8/h5-6,9H,2-4H2,1H3. The molecule has 0 saturated carbocycles. The van der Waals surface area contributed by atoms with E-state index < -0.39 is 12.5 Å². The van der Waals surface area contributed by atoms with E-state index in [4.69, 9.17) is 5.11 Å². The number of hydrogen-bond donors (Lipinski definition) is 1. The van der Waals surface area contributed by atoms with Crippen molar-refractivity contribution in [3.8, 4) is 0 Å². The maximum absolute atomic E-state index is 11.6. The van der Waals surface area contributed by atoms with Crippen LogP contribution in [0.25, 0.3) is 0 Å². The largest absolute Gasteiger partial charge is 0.387 e. The van der Waals surface area contributed by atoms with Gasteiger partial charge in [0, 0.05) is 13.7 Å². The molecule has 0 aliphatic carbocycles. The maximum Gasteiger partial charge on any atom is 0.264 e. The van der Waals surface area contributed by atoms with E-state index in [1.165, 1.54) is 7.11 Å². The lowest BCUT2D eigenvalue weighted by Gasteiger charge is -2.07. The van der Waals surface area contributed by atoms with E-state index >= 15 is 0 Å². The zero-order valence-electron chi connectivity index (χ0n) is 5.89. The van der Waals surface area contributed by atoms with Gasteiger partial charge < -0.3 is 9.84 Å². The number of rotatable bonds is 5. The molecule has 0 aromatic carbocycles. The lowest BCUT2D eigenvalue weighted by atomic mass is 10.2. The summed E-state index contributed by atoms with van der Waals surface area (Å²) in [7, 11) is 1.49. The van der Waals surface area contributed by atoms with Crippen LogP contribution in [-0.2, 0) is 4.74 Å². The van der Waals surface area contributed by atoms with Gasteiger partial charge in [0.25, 0.3) is 6.43 Å². The van der Waals surface area contributed by atoms with Gasteiger partial charge in [0.2, 0.25) is 0 Å². The van der Waals surface area contributed by atoms with Gasteiger partial charge in [-0.05, 0) is 12.8 Å². The van der Waals surface area contributed by atoms with Crippen LogP contribution in [0.3, 0.4) is 0 Å². The Morgan fingerprint density at radius 3 is 2.50 bits per heavy atom. The molecule has 0 heterocycles. The second-order valence-electron chi connectivity index (χ2n) is 2.04. The van der Waals surface area contributed by atoms with Crippen LogP contribution in [0.1, 0.15) is 12.8 Å². The molecular weight excluding hydrogens is 142 g/mol. The van der Waals surface area contributed by atoms with Gasteiger partial charge in [0.1, 0.15) is 6.10 Å². The number of methoxy groups -OCH3 is 1. The Hall–Kier alpha value is -0.220. The molecule has 0 bridgehead atoms. The highest BCUT2D eigenvalue weighted by Crippen LogP contribution is 2.06. The number of aliphatic hydroxyl groups is 1. The third-order valence-corrected chi connectivity index (χ3v) is 1.14. The van der Waals surface area contributed by atoms with E-state index in [0.29, 0.717) is 13.0 Å². The van der Waals surface area contributed by atoms with E-state index in [0.717, 1.165) is 0 Å². The maximum atomic E-state index is 11.6. The molecule has 0 aromatic heterocycles. The Morgan fingerprint density at radius 1 is 1.50 bits per heavy atom. The average Bonchev–Trinajstić information content (AvgIpc) is 1.88. The third-order valence-electron chi connectivity index (χ3n) is 1.14. The molecular formula is C6H12F2O2. The molecule has 1 N–H and O–H groups in total. The molecule has 0 amide bonds. The Kier molecular flexibility index (Phi) is 5.43. The van der Waals surface area contributed by atoms with Gasteiger partial charge >= 0.3 is 0 Å². The molecule has 4 heteroatoms. The van der Waals surface area contributed by atoms with Crippen LogP contribution >= 0.6 is 0 Å². The normalized spacial score (nSPS) is 14.1. The summed E-state index contributed by atoms with van der Waals surface area (Å²) in [5, 5.41) is 8.55. The van der Waals surface area contributed by atoms with Gasteiger partial charge in [-0.3, -0.25) is 0 Å². The first-order valence-electron chi connectivity index (χ1n) is 3.13. The molecule has 0 spiro atoms. The van der Waals surface area contributed by atoms with Crippen molar-refractivity contribution in [3.05, 3.63) is 0 Å². The molecule has 1 atom stereocenters. The van der Waals surface area contributed by atoms with Crippen LogP contribution in [-0.4, -0.2) is 31.4 Å². The van der Waals surface area contributed by atoms with E-state index in [-0.39, 0.29) is 6.42 Å². The number of alkyl halides is 2. The summed E-state index contributed by atoms with van der Waals surface area (Å²) in [5.41, 5.74) is 0. The zero-order chi connectivity index (χ0) is 7.98. The average molecular weight is 154 g/mol. The number of hydrogen-bond acceptors (Lipinski definition) is 2. The highest BCUT2D eigenvalue weighted by molar-refractivity contribution is 4.56. The first kappa shape index (κ1) is 9.78. The van der Waals surface area contributed by atoms with Gasteiger partial charge in [-0.2, -0.15) is 0 Å². The molecule has 10 heavy (non-hydrogen) atoms. The van der Waals surface area contributed by atoms with Crippen molar-refractivity contribution < 1.29 is 18.6 Å². The first-order chi connectivity index (χ1) is 4.68. The minimum atomic E-state index is -2.63. The topological polar surface area (TPSA) is 29.5 Å². The summed E-state index contributed by atoms with van der Waals surface area (Å²) in [6.45, 7) is 0.420. The van der Waals surface area contributed by atoms with Gasteiger partial charge in [0.05, 0.1) is 0 Å². The monoisotopic (exact) mass is 154 g/mol. The summed E-state index contributed by atoms with van der Waals surface area (Å²) in [6.07, 6.45) is -3.54. The Bertz CT molecular complexity index is 78.1. The summed E-state index contributed by atoms with van der Waals surface area (Å²) in [6, 6.07) is 0. The summed E-state index contributed by atoms with van der Waals surface area (Å²) < 4.78 is 27.7. The smallest absolute Gasteiger partial charge is 0.264 e. The predicted octanol–water partition coefficient (Wildman–Crippen LogP) is 1.04. The fraction of sp³-hybridized carbons (Fsp3) is 1.00. The SMILES string of the molecule is COCCCC(O)C(F)F. The van der Waals surface area contributed by atoms with Gasteiger partial charge in [-0.25, -0.2) is 8.78 Å². The molecule has 62 valence electrons. The highest BCUT2D eigenvalue weighted by atomic mass is 19.3. The van der Waals surface area contributed by atoms with Crippen LogP contribution < -0.4 is 0 Å².